The molecule has 0 aliphatic carbocycles. The van der Waals surface area contributed by atoms with Gasteiger partial charge >= 0.3 is 0 Å². The maximum atomic E-state index is 13.4. The van der Waals surface area contributed by atoms with Gasteiger partial charge in [-0.3, -0.25) is 4.79 Å². The van der Waals surface area contributed by atoms with E-state index in [4.69, 9.17) is 15.5 Å². The molecule has 0 aromatic heterocycles. The predicted octanol–water partition coefficient (Wildman–Crippen LogP) is 0.178. The summed E-state index contributed by atoms with van der Waals surface area (Å²) in [5.74, 6) is -0.874. The Morgan fingerprint density at radius 2 is 1.96 bits per heavy atom. The number of carbonyl (C=O) groups is 1. The lowest BCUT2D eigenvalue weighted by Crippen LogP contribution is -2.37. The second-order valence-electron chi connectivity index (χ2n) is 4.70. The van der Waals surface area contributed by atoms with Gasteiger partial charge in [-0.05, 0) is 18.1 Å². The van der Waals surface area contributed by atoms with Crippen molar-refractivity contribution in [3.05, 3.63) is 47.4 Å². The van der Waals surface area contributed by atoms with Gasteiger partial charge in [0, 0.05) is 25.8 Å². The van der Waals surface area contributed by atoms with Crippen molar-refractivity contribution >= 4 is 5.91 Å². The molecule has 0 atom stereocenters. The zero-order valence-corrected chi connectivity index (χ0v) is 12.7. The van der Waals surface area contributed by atoms with E-state index < -0.39 is 5.91 Å². The van der Waals surface area contributed by atoms with Crippen LogP contribution in [-0.2, 0) is 11.2 Å². The van der Waals surface area contributed by atoms with Gasteiger partial charge in [-0.2, -0.15) is 5.26 Å². The maximum absolute atomic E-state index is 13.4. The number of hydrogen-bond donors (Lipinski definition) is 3. The SMILES string of the molecule is N#C/C(=C/NCCc1ccccc1F)C(=O)N(CCO)CCO. The fourth-order valence-electron chi connectivity index (χ4n) is 1.95. The van der Waals surface area contributed by atoms with Crippen LogP contribution in [0.15, 0.2) is 36.0 Å². The summed E-state index contributed by atoms with van der Waals surface area (Å²) < 4.78 is 13.4. The number of nitrogens with zero attached hydrogens (tertiary/aromatic N) is 2. The second kappa shape index (κ2) is 10.3. The molecule has 23 heavy (non-hydrogen) atoms. The summed E-state index contributed by atoms with van der Waals surface area (Å²) in [4.78, 5) is 13.3. The van der Waals surface area contributed by atoms with Crippen LogP contribution in [0.4, 0.5) is 4.39 Å². The first-order valence-electron chi connectivity index (χ1n) is 7.22. The molecule has 0 bridgehead atoms. The van der Waals surface area contributed by atoms with Gasteiger partial charge < -0.3 is 20.4 Å². The molecule has 1 amide bonds. The Kier molecular flexibility index (Phi) is 8.36. The Hall–Kier alpha value is -2.43. The molecule has 0 aliphatic rings. The maximum Gasteiger partial charge on any atom is 0.266 e. The third kappa shape index (κ3) is 6.06. The highest BCUT2D eigenvalue weighted by atomic mass is 19.1. The third-order valence-electron chi connectivity index (χ3n) is 3.12. The Morgan fingerprint density at radius 3 is 2.52 bits per heavy atom. The average molecular weight is 321 g/mol. The smallest absolute Gasteiger partial charge is 0.266 e. The number of benzene rings is 1. The molecule has 0 saturated carbocycles. The van der Waals surface area contributed by atoms with E-state index in [1.165, 1.54) is 17.2 Å². The van der Waals surface area contributed by atoms with Gasteiger partial charge in [0.2, 0.25) is 0 Å². The Labute approximate surface area is 134 Å². The van der Waals surface area contributed by atoms with Gasteiger partial charge in [-0.15, -0.1) is 0 Å². The highest BCUT2D eigenvalue weighted by Crippen LogP contribution is 2.06. The average Bonchev–Trinajstić information content (AvgIpc) is 2.56. The van der Waals surface area contributed by atoms with Crippen molar-refractivity contribution in [2.24, 2.45) is 0 Å². The molecule has 0 aliphatic heterocycles. The molecule has 0 saturated heterocycles. The number of nitriles is 1. The van der Waals surface area contributed by atoms with Crippen molar-refractivity contribution < 1.29 is 19.4 Å². The molecule has 3 N–H and O–H groups in total. The molecule has 0 fully saturated rings. The molecule has 0 heterocycles. The van der Waals surface area contributed by atoms with Crippen molar-refractivity contribution in [3.8, 4) is 6.07 Å². The minimum absolute atomic E-state index is 0.0354. The van der Waals surface area contributed by atoms with Crippen molar-refractivity contribution in [1.82, 2.24) is 10.2 Å². The lowest BCUT2D eigenvalue weighted by molar-refractivity contribution is -0.127. The standard InChI is InChI=1S/C16H20FN3O3/c17-15-4-2-1-3-13(15)5-6-19-12-14(11-18)16(23)20(7-9-21)8-10-22/h1-4,12,19,21-22H,5-10H2/b14-12-. The van der Waals surface area contributed by atoms with Crippen LogP contribution in [0.5, 0.6) is 0 Å². The summed E-state index contributed by atoms with van der Waals surface area (Å²) in [6.45, 7) is -0.0863. The Morgan fingerprint density at radius 1 is 1.30 bits per heavy atom. The molecule has 1 aromatic rings. The minimum atomic E-state index is -0.575. The fourth-order valence-corrected chi connectivity index (χ4v) is 1.95. The number of amides is 1. The molecule has 6 nitrogen and oxygen atoms in total. The number of halogens is 1. The Bertz CT molecular complexity index is 578. The highest BCUT2D eigenvalue weighted by Gasteiger charge is 2.17. The summed E-state index contributed by atoms with van der Waals surface area (Å²) in [7, 11) is 0. The molecule has 1 aromatic carbocycles. The van der Waals surface area contributed by atoms with Crippen LogP contribution in [0.25, 0.3) is 0 Å². The molecular formula is C16H20FN3O3. The van der Waals surface area contributed by atoms with Crippen LogP contribution in [0.1, 0.15) is 5.56 Å². The van der Waals surface area contributed by atoms with E-state index in [1.807, 2.05) is 0 Å². The van der Waals surface area contributed by atoms with E-state index in [-0.39, 0.29) is 37.7 Å². The summed E-state index contributed by atoms with van der Waals surface area (Å²) in [5, 5.41) is 29.7. The van der Waals surface area contributed by atoms with Gasteiger partial charge in [0.25, 0.3) is 5.91 Å². The molecule has 0 spiro atoms. The van der Waals surface area contributed by atoms with E-state index >= 15 is 0 Å². The summed E-state index contributed by atoms with van der Waals surface area (Å²) in [6.07, 6.45) is 1.68. The van der Waals surface area contributed by atoms with Crippen LogP contribution in [-0.4, -0.2) is 53.9 Å². The van der Waals surface area contributed by atoms with Crippen molar-refractivity contribution in [2.75, 3.05) is 32.8 Å². The largest absolute Gasteiger partial charge is 0.395 e. The topological polar surface area (TPSA) is 96.6 Å². The number of aliphatic hydroxyl groups is 2. The summed E-state index contributed by atoms with van der Waals surface area (Å²) >= 11 is 0. The van der Waals surface area contributed by atoms with Gasteiger partial charge in [0.1, 0.15) is 17.5 Å². The number of rotatable bonds is 9. The highest BCUT2D eigenvalue weighted by molar-refractivity contribution is 5.97. The van der Waals surface area contributed by atoms with Crippen LogP contribution in [0.2, 0.25) is 0 Å². The van der Waals surface area contributed by atoms with Gasteiger partial charge in [-0.25, -0.2) is 4.39 Å². The summed E-state index contributed by atoms with van der Waals surface area (Å²) in [6, 6.07) is 8.16. The van der Waals surface area contributed by atoms with Crippen LogP contribution < -0.4 is 5.32 Å². The van der Waals surface area contributed by atoms with Crippen LogP contribution in [0.3, 0.4) is 0 Å². The molecule has 0 unspecified atom stereocenters. The molecule has 0 radical (unpaired) electrons. The van der Waals surface area contributed by atoms with E-state index in [1.54, 1.807) is 24.3 Å². The van der Waals surface area contributed by atoms with E-state index in [0.29, 0.717) is 18.5 Å². The van der Waals surface area contributed by atoms with Gasteiger partial charge in [0.15, 0.2) is 0 Å². The molecule has 124 valence electrons. The zero-order chi connectivity index (χ0) is 17.1. The van der Waals surface area contributed by atoms with E-state index in [9.17, 15) is 9.18 Å². The second-order valence-corrected chi connectivity index (χ2v) is 4.70. The first kappa shape index (κ1) is 18.6. The van der Waals surface area contributed by atoms with Crippen molar-refractivity contribution in [2.45, 2.75) is 6.42 Å². The quantitative estimate of drug-likeness (QED) is 0.342. The van der Waals surface area contributed by atoms with E-state index in [0.717, 1.165) is 0 Å². The number of aliphatic hydroxyl groups excluding tert-OH is 2. The van der Waals surface area contributed by atoms with Crippen LogP contribution >= 0.6 is 0 Å². The van der Waals surface area contributed by atoms with Crippen molar-refractivity contribution in [1.29, 1.82) is 5.26 Å². The van der Waals surface area contributed by atoms with Crippen molar-refractivity contribution in [3.63, 3.8) is 0 Å². The number of carbonyl (C=O) groups excluding carboxylic acids is 1. The molecule has 7 heteroatoms. The molecular weight excluding hydrogens is 301 g/mol. The fraction of sp³-hybridized carbons (Fsp3) is 0.375. The number of hydrogen-bond acceptors (Lipinski definition) is 5. The lowest BCUT2D eigenvalue weighted by Gasteiger charge is -2.20. The normalized spacial score (nSPS) is 11.0. The van der Waals surface area contributed by atoms with Crippen LogP contribution in [0, 0.1) is 17.1 Å². The molecule has 1 rings (SSSR count). The Balaban J connectivity index is 2.59. The van der Waals surface area contributed by atoms with Gasteiger partial charge in [-0.1, -0.05) is 18.2 Å². The van der Waals surface area contributed by atoms with E-state index in [2.05, 4.69) is 5.32 Å². The third-order valence-corrected chi connectivity index (χ3v) is 3.12. The van der Waals surface area contributed by atoms with Gasteiger partial charge in [0.05, 0.1) is 13.2 Å². The predicted molar refractivity (Wildman–Crippen MR) is 82.6 cm³/mol. The lowest BCUT2D eigenvalue weighted by atomic mass is 10.1. The zero-order valence-electron chi connectivity index (χ0n) is 12.7. The first-order chi connectivity index (χ1) is 11.1. The minimum Gasteiger partial charge on any atom is -0.395 e. The number of nitrogens with one attached hydrogen (secondary N) is 1. The first-order valence-corrected chi connectivity index (χ1v) is 7.22. The summed E-state index contributed by atoms with van der Waals surface area (Å²) in [5.41, 5.74) is 0.404. The monoisotopic (exact) mass is 321 g/mol.